The predicted octanol–water partition coefficient (Wildman–Crippen LogP) is 4.36. The molecule has 1 saturated heterocycles. The first-order chi connectivity index (χ1) is 14.7. The summed E-state index contributed by atoms with van der Waals surface area (Å²) in [6.45, 7) is 7.44. The van der Waals surface area contributed by atoms with Crippen LogP contribution in [-0.4, -0.2) is 36.8 Å². The van der Waals surface area contributed by atoms with E-state index in [1.165, 1.54) is 0 Å². The Balaban J connectivity index is 1.59. The van der Waals surface area contributed by atoms with Crippen LogP contribution in [0, 0.1) is 5.92 Å². The van der Waals surface area contributed by atoms with Gasteiger partial charge in [-0.15, -0.1) is 0 Å². The Bertz CT molecular complexity index is 1020. The number of rotatable bonds is 5. The third-order valence-electron chi connectivity index (χ3n) is 5.56. The number of nitrogens with zero attached hydrogens (tertiary/aromatic N) is 1. The van der Waals surface area contributed by atoms with E-state index in [-0.39, 0.29) is 15.9 Å². The van der Waals surface area contributed by atoms with Crippen molar-refractivity contribution in [2.75, 3.05) is 18.4 Å². The van der Waals surface area contributed by atoms with Gasteiger partial charge in [-0.25, -0.2) is 8.42 Å². The SMILES string of the molecule is CC1CCN(S(=O)(=O)c2ccc(NC(=S)NC(=O)c3ccc(C(C)C)cc3)cc2)CC1. The minimum atomic E-state index is -3.49. The van der Waals surface area contributed by atoms with Crippen molar-refractivity contribution in [1.29, 1.82) is 0 Å². The average Bonchev–Trinajstić information content (AvgIpc) is 2.74. The van der Waals surface area contributed by atoms with Crippen LogP contribution in [0.15, 0.2) is 53.4 Å². The summed E-state index contributed by atoms with van der Waals surface area (Å²) in [5, 5.41) is 5.73. The van der Waals surface area contributed by atoms with Crippen molar-refractivity contribution in [2.45, 2.75) is 44.4 Å². The highest BCUT2D eigenvalue weighted by atomic mass is 32.2. The average molecular weight is 460 g/mol. The van der Waals surface area contributed by atoms with Crippen LogP contribution in [0.1, 0.15) is 55.5 Å². The van der Waals surface area contributed by atoms with Gasteiger partial charge in [-0.2, -0.15) is 4.31 Å². The second-order valence-corrected chi connectivity index (χ2v) is 10.6. The number of piperidine rings is 1. The molecule has 0 aliphatic carbocycles. The Kier molecular flexibility index (Phi) is 7.46. The van der Waals surface area contributed by atoms with Gasteiger partial charge < -0.3 is 5.32 Å². The van der Waals surface area contributed by atoms with E-state index in [0.717, 1.165) is 18.4 Å². The number of anilines is 1. The molecule has 31 heavy (non-hydrogen) atoms. The molecule has 0 bridgehead atoms. The number of carbonyl (C=O) groups is 1. The Morgan fingerprint density at radius 2 is 1.61 bits per heavy atom. The van der Waals surface area contributed by atoms with Gasteiger partial charge in [0.1, 0.15) is 0 Å². The fourth-order valence-corrected chi connectivity index (χ4v) is 5.12. The van der Waals surface area contributed by atoms with Crippen molar-refractivity contribution in [3.63, 3.8) is 0 Å². The molecule has 8 heteroatoms. The lowest BCUT2D eigenvalue weighted by Gasteiger charge is -2.29. The first-order valence-corrected chi connectivity index (χ1v) is 12.3. The lowest BCUT2D eigenvalue weighted by molar-refractivity contribution is 0.0977. The Labute approximate surface area is 190 Å². The van der Waals surface area contributed by atoms with Crippen molar-refractivity contribution in [1.82, 2.24) is 9.62 Å². The van der Waals surface area contributed by atoms with Gasteiger partial charge in [-0.05, 0) is 78.9 Å². The fourth-order valence-electron chi connectivity index (χ4n) is 3.44. The van der Waals surface area contributed by atoms with Gasteiger partial charge in [-0.3, -0.25) is 10.1 Å². The maximum atomic E-state index is 12.8. The van der Waals surface area contributed by atoms with Gasteiger partial charge >= 0.3 is 0 Å². The monoisotopic (exact) mass is 459 g/mol. The summed E-state index contributed by atoms with van der Waals surface area (Å²) in [5.74, 6) is 0.652. The first kappa shape index (κ1) is 23.4. The van der Waals surface area contributed by atoms with E-state index in [4.69, 9.17) is 12.2 Å². The molecule has 0 unspecified atom stereocenters. The van der Waals surface area contributed by atoms with E-state index in [9.17, 15) is 13.2 Å². The molecule has 1 aliphatic rings. The zero-order chi connectivity index (χ0) is 22.6. The zero-order valence-electron chi connectivity index (χ0n) is 18.1. The van der Waals surface area contributed by atoms with Crippen LogP contribution >= 0.6 is 12.2 Å². The molecule has 0 spiro atoms. The molecule has 1 aliphatic heterocycles. The number of amides is 1. The van der Waals surface area contributed by atoms with Crippen LogP contribution < -0.4 is 10.6 Å². The number of carbonyl (C=O) groups excluding carboxylic acids is 1. The predicted molar refractivity (Wildman–Crippen MR) is 128 cm³/mol. The normalized spacial score (nSPS) is 15.6. The smallest absolute Gasteiger partial charge is 0.257 e. The Hall–Kier alpha value is -2.29. The van der Waals surface area contributed by atoms with E-state index in [1.807, 2.05) is 12.1 Å². The molecule has 0 atom stereocenters. The molecule has 2 aromatic rings. The number of benzene rings is 2. The summed E-state index contributed by atoms with van der Waals surface area (Å²) >= 11 is 5.23. The van der Waals surface area contributed by atoms with E-state index in [2.05, 4.69) is 31.4 Å². The van der Waals surface area contributed by atoms with Crippen LogP contribution in [0.25, 0.3) is 0 Å². The van der Waals surface area contributed by atoms with Crippen LogP contribution in [-0.2, 0) is 10.0 Å². The highest BCUT2D eigenvalue weighted by Crippen LogP contribution is 2.24. The summed E-state index contributed by atoms with van der Waals surface area (Å²) in [5.41, 5.74) is 2.28. The summed E-state index contributed by atoms with van der Waals surface area (Å²) in [6.07, 6.45) is 1.76. The summed E-state index contributed by atoms with van der Waals surface area (Å²) in [6, 6.07) is 13.8. The summed E-state index contributed by atoms with van der Waals surface area (Å²) in [4.78, 5) is 12.6. The lowest BCUT2D eigenvalue weighted by atomic mass is 10.0. The summed E-state index contributed by atoms with van der Waals surface area (Å²) < 4.78 is 27.2. The standard InChI is InChI=1S/C23H29N3O3S2/c1-16(2)18-4-6-19(7-5-18)22(27)25-23(30)24-20-8-10-21(11-9-20)31(28,29)26-14-12-17(3)13-15-26/h4-11,16-17H,12-15H2,1-3H3,(H2,24,25,27,30). The zero-order valence-corrected chi connectivity index (χ0v) is 19.7. The molecular weight excluding hydrogens is 430 g/mol. The molecule has 0 saturated carbocycles. The van der Waals surface area contributed by atoms with Crippen molar-refractivity contribution >= 4 is 38.9 Å². The molecule has 166 valence electrons. The molecule has 2 N–H and O–H groups in total. The molecule has 1 heterocycles. The lowest BCUT2D eigenvalue weighted by Crippen LogP contribution is -2.37. The van der Waals surface area contributed by atoms with Crippen LogP contribution in [0.2, 0.25) is 0 Å². The second-order valence-electron chi connectivity index (χ2n) is 8.30. The highest BCUT2D eigenvalue weighted by molar-refractivity contribution is 7.89. The largest absolute Gasteiger partial charge is 0.332 e. The summed E-state index contributed by atoms with van der Waals surface area (Å²) in [7, 11) is -3.49. The molecule has 2 aromatic carbocycles. The quantitative estimate of drug-likeness (QED) is 0.650. The van der Waals surface area contributed by atoms with E-state index < -0.39 is 10.0 Å². The minimum absolute atomic E-state index is 0.151. The van der Waals surface area contributed by atoms with Crippen LogP contribution in [0.4, 0.5) is 5.69 Å². The molecule has 3 rings (SSSR count). The van der Waals surface area contributed by atoms with Gasteiger partial charge in [-0.1, -0.05) is 32.9 Å². The van der Waals surface area contributed by atoms with Crippen LogP contribution in [0.5, 0.6) is 0 Å². The van der Waals surface area contributed by atoms with E-state index in [1.54, 1.807) is 40.7 Å². The number of nitrogens with one attached hydrogen (secondary N) is 2. The molecular formula is C23H29N3O3S2. The fraction of sp³-hybridized carbons (Fsp3) is 0.391. The molecule has 1 amide bonds. The maximum absolute atomic E-state index is 12.8. The van der Waals surface area contributed by atoms with Crippen molar-refractivity contribution in [3.05, 3.63) is 59.7 Å². The first-order valence-electron chi connectivity index (χ1n) is 10.5. The number of sulfonamides is 1. The van der Waals surface area contributed by atoms with Crippen molar-refractivity contribution in [3.8, 4) is 0 Å². The third-order valence-corrected chi connectivity index (χ3v) is 7.68. The van der Waals surface area contributed by atoms with Crippen molar-refractivity contribution < 1.29 is 13.2 Å². The third kappa shape index (κ3) is 5.90. The molecule has 6 nitrogen and oxygen atoms in total. The van der Waals surface area contributed by atoms with Crippen molar-refractivity contribution in [2.24, 2.45) is 5.92 Å². The van der Waals surface area contributed by atoms with Gasteiger partial charge in [0, 0.05) is 24.3 Å². The molecule has 1 fully saturated rings. The number of hydrogen-bond donors (Lipinski definition) is 2. The van der Waals surface area contributed by atoms with Gasteiger partial charge in [0.25, 0.3) is 5.91 Å². The van der Waals surface area contributed by atoms with E-state index in [0.29, 0.717) is 36.2 Å². The maximum Gasteiger partial charge on any atom is 0.257 e. The second kappa shape index (κ2) is 9.89. The minimum Gasteiger partial charge on any atom is -0.332 e. The highest BCUT2D eigenvalue weighted by Gasteiger charge is 2.27. The van der Waals surface area contributed by atoms with Gasteiger partial charge in [0.15, 0.2) is 5.11 Å². The number of hydrogen-bond acceptors (Lipinski definition) is 4. The number of thiocarbonyl (C=S) groups is 1. The Morgan fingerprint density at radius 3 is 2.16 bits per heavy atom. The van der Waals surface area contributed by atoms with E-state index >= 15 is 0 Å². The molecule has 0 radical (unpaired) electrons. The van der Waals surface area contributed by atoms with Gasteiger partial charge in [0.05, 0.1) is 4.90 Å². The van der Waals surface area contributed by atoms with Crippen LogP contribution in [0.3, 0.4) is 0 Å². The molecule has 0 aromatic heterocycles. The Morgan fingerprint density at radius 1 is 1.03 bits per heavy atom. The topological polar surface area (TPSA) is 78.5 Å². The van der Waals surface area contributed by atoms with Gasteiger partial charge in [0.2, 0.25) is 10.0 Å².